The summed E-state index contributed by atoms with van der Waals surface area (Å²) in [6.45, 7) is 1.79. The Morgan fingerprint density at radius 3 is 2.55 bits per heavy atom. The van der Waals surface area contributed by atoms with Gasteiger partial charge in [0, 0.05) is 6.20 Å². The molecule has 11 heteroatoms. The lowest BCUT2D eigenvalue weighted by Crippen LogP contribution is -2.19. The molecule has 0 saturated carbocycles. The molecule has 0 radical (unpaired) electrons. The van der Waals surface area contributed by atoms with Crippen molar-refractivity contribution in [1.82, 2.24) is 4.98 Å². The molecule has 1 rings (SSSR count). The van der Waals surface area contributed by atoms with Gasteiger partial charge in [0.2, 0.25) is 10.0 Å². The lowest BCUT2D eigenvalue weighted by molar-refractivity contribution is -0.137. The molecule has 1 aromatic heterocycles. The summed E-state index contributed by atoms with van der Waals surface area (Å²) in [5.74, 6) is -0.441. The molecule has 0 unspecified atom stereocenters. The Labute approximate surface area is 124 Å². The highest BCUT2D eigenvalue weighted by molar-refractivity contribution is 7.92. The van der Waals surface area contributed by atoms with E-state index in [2.05, 4.69) is 9.72 Å². The number of hydrogen-bond donors (Lipinski definition) is 2. The van der Waals surface area contributed by atoms with Crippen LogP contribution in [0.4, 0.5) is 29.5 Å². The van der Waals surface area contributed by atoms with E-state index in [9.17, 15) is 26.4 Å². The van der Waals surface area contributed by atoms with Crippen LogP contribution in [0.2, 0.25) is 0 Å². The minimum Gasteiger partial charge on any atom is -0.449 e. The van der Waals surface area contributed by atoms with E-state index in [-0.39, 0.29) is 6.61 Å². The lowest BCUT2D eigenvalue weighted by atomic mass is 10.2. The van der Waals surface area contributed by atoms with Gasteiger partial charge in [-0.05, 0) is 12.5 Å². The smallest absolute Gasteiger partial charge is 0.417 e. The Morgan fingerprint density at radius 1 is 1.41 bits per heavy atom. The third kappa shape index (κ3) is 5.76. The standard InChI is InChI=1S/C11H14F3N3O4S/c1-3-4-21-10(18)16-8-5-7(11(12,13)14)6-15-9(8)17-22(2,19)20/h5-6H,3-4H2,1-2H3,(H,15,17)(H,16,18). The molecule has 2 N–H and O–H groups in total. The maximum atomic E-state index is 12.7. The molecule has 0 spiro atoms. The molecule has 124 valence electrons. The highest BCUT2D eigenvalue weighted by atomic mass is 32.2. The minimum absolute atomic E-state index is 0.0626. The Bertz CT molecular complexity index is 646. The number of anilines is 2. The van der Waals surface area contributed by atoms with Crippen molar-refractivity contribution in [3.05, 3.63) is 17.8 Å². The molecule has 0 atom stereocenters. The molecule has 0 aliphatic carbocycles. The summed E-state index contributed by atoms with van der Waals surface area (Å²) < 4.78 is 66.9. The number of nitrogens with zero attached hydrogens (tertiary/aromatic N) is 1. The number of sulfonamides is 1. The molecule has 0 aliphatic rings. The maximum absolute atomic E-state index is 12.7. The fourth-order valence-corrected chi connectivity index (χ4v) is 1.83. The second kappa shape index (κ2) is 6.81. The van der Waals surface area contributed by atoms with E-state index in [4.69, 9.17) is 0 Å². The Kier molecular flexibility index (Phi) is 5.58. The summed E-state index contributed by atoms with van der Waals surface area (Å²) in [6.07, 6.45) is -3.94. The van der Waals surface area contributed by atoms with Crippen molar-refractivity contribution in [2.45, 2.75) is 19.5 Å². The lowest BCUT2D eigenvalue weighted by Gasteiger charge is -2.14. The van der Waals surface area contributed by atoms with Crippen LogP contribution >= 0.6 is 0 Å². The van der Waals surface area contributed by atoms with E-state index in [0.717, 1.165) is 6.26 Å². The molecule has 1 heterocycles. The summed E-state index contributed by atoms with van der Waals surface area (Å²) in [5, 5.41) is 2.03. The highest BCUT2D eigenvalue weighted by Crippen LogP contribution is 2.32. The number of amides is 1. The number of aromatic nitrogens is 1. The van der Waals surface area contributed by atoms with Gasteiger partial charge in [-0.15, -0.1) is 0 Å². The summed E-state index contributed by atoms with van der Waals surface area (Å²) in [4.78, 5) is 14.8. The number of hydrogen-bond acceptors (Lipinski definition) is 5. The van der Waals surface area contributed by atoms with Gasteiger partial charge in [-0.25, -0.2) is 18.2 Å². The van der Waals surface area contributed by atoms with Crippen LogP contribution in [0.15, 0.2) is 12.3 Å². The molecule has 0 aliphatic heterocycles. The van der Waals surface area contributed by atoms with E-state index < -0.39 is 39.4 Å². The summed E-state index contributed by atoms with van der Waals surface area (Å²) in [7, 11) is -3.79. The third-order valence-electron chi connectivity index (χ3n) is 2.17. The van der Waals surface area contributed by atoms with E-state index >= 15 is 0 Å². The first-order valence-electron chi connectivity index (χ1n) is 6.01. The second-order valence-corrected chi connectivity index (χ2v) is 6.00. The summed E-state index contributed by atoms with van der Waals surface area (Å²) in [6, 6.07) is 0.563. The van der Waals surface area contributed by atoms with Crippen molar-refractivity contribution in [3.8, 4) is 0 Å². The molecule has 0 saturated heterocycles. The fraction of sp³-hybridized carbons (Fsp3) is 0.455. The monoisotopic (exact) mass is 341 g/mol. The van der Waals surface area contributed by atoms with Gasteiger partial charge in [0.1, 0.15) is 0 Å². The molecular formula is C11H14F3N3O4S. The van der Waals surface area contributed by atoms with E-state index in [1.165, 1.54) is 0 Å². The predicted octanol–water partition coefficient (Wildman–Crippen LogP) is 2.43. The Balaban J connectivity index is 3.14. The topological polar surface area (TPSA) is 97.4 Å². The number of nitrogens with one attached hydrogen (secondary N) is 2. The highest BCUT2D eigenvalue weighted by Gasteiger charge is 2.32. The van der Waals surface area contributed by atoms with Crippen molar-refractivity contribution >= 4 is 27.6 Å². The van der Waals surface area contributed by atoms with Crippen molar-refractivity contribution in [2.24, 2.45) is 0 Å². The molecular weight excluding hydrogens is 327 g/mol. The molecule has 1 amide bonds. The van der Waals surface area contributed by atoms with Crippen LogP contribution < -0.4 is 10.0 Å². The summed E-state index contributed by atoms with van der Waals surface area (Å²) >= 11 is 0. The summed E-state index contributed by atoms with van der Waals surface area (Å²) in [5.41, 5.74) is -1.60. The van der Waals surface area contributed by atoms with Gasteiger partial charge >= 0.3 is 12.3 Å². The quantitative estimate of drug-likeness (QED) is 0.857. The van der Waals surface area contributed by atoms with Gasteiger partial charge in [-0.2, -0.15) is 13.2 Å². The first-order valence-corrected chi connectivity index (χ1v) is 7.91. The van der Waals surface area contributed by atoms with Gasteiger partial charge in [-0.1, -0.05) is 6.92 Å². The van der Waals surface area contributed by atoms with Crippen LogP contribution in [0.1, 0.15) is 18.9 Å². The molecule has 0 bridgehead atoms. The number of carbonyl (C=O) groups excluding carboxylic acids is 1. The zero-order chi connectivity index (χ0) is 17.0. The number of carbonyl (C=O) groups is 1. The molecule has 1 aromatic rings. The van der Waals surface area contributed by atoms with Gasteiger partial charge in [0.25, 0.3) is 0 Å². The van der Waals surface area contributed by atoms with Gasteiger partial charge in [0.15, 0.2) is 5.82 Å². The normalized spacial score (nSPS) is 11.9. The van der Waals surface area contributed by atoms with Crippen LogP contribution in [0.3, 0.4) is 0 Å². The number of ether oxygens (including phenoxy) is 1. The number of pyridine rings is 1. The number of rotatable bonds is 5. The van der Waals surface area contributed by atoms with Crippen LogP contribution in [-0.4, -0.2) is 32.4 Å². The third-order valence-corrected chi connectivity index (χ3v) is 2.74. The van der Waals surface area contributed by atoms with Gasteiger partial charge in [-0.3, -0.25) is 10.0 Å². The van der Waals surface area contributed by atoms with Crippen molar-refractivity contribution in [2.75, 3.05) is 22.9 Å². The van der Waals surface area contributed by atoms with Crippen LogP contribution in [0.5, 0.6) is 0 Å². The first-order chi connectivity index (χ1) is 10.0. The largest absolute Gasteiger partial charge is 0.449 e. The average Bonchev–Trinajstić information content (AvgIpc) is 2.35. The Hall–Kier alpha value is -2.04. The number of halogens is 3. The number of alkyl halides is 3. The van der Waals surface area contributed by atoms with Gasteiger partial charge in [0.05, 0.1) is 24.1 Å². The zero-order valence-corrected chi connectivity index (χ0v) is 12.5. The van der Waals surface area contributed by atoms with E-state index in [1.807, 2.05) is 10.0 Å². The SMILES string of the molecule is CCCOC(=O)Nc1cc(C(F)(F)F)cnc1NS(C)(=O)=O. The van der Waals surface area contributed by atoms with Crippen molar-refractivity contribution in [1.29, 1.82) is 0 Å². The van der Waals surface area contributed by atoms with E-state index in [0.29, 0.717) is 18.7 Å². The minimum atomic E-state index is -4.69. The van der Waals surface area contributed by atoms with Crippen molar-refractivity contribution < 1.29 is 31.1 Å². The fourth-order valence-electron chi connectivity index (χ4n) is 1.31. The zero-order valence-electron chi connectivity index (χ0n) is 11.7. The molecule has 0 fully saturated rings. The van der Waals surface area contributed by atoms with Crippen LogP contribution in [0, 0.1) is 0 Å². The maximum Gasteiger partial charge on any atom is 0.417 e. The Morgan fingerprint density at radius 2 is 2.05 bits per heavy atom. The van der Waals surface area contributed by atoms with E-state index in [1.54, 1.807) is 6.92 Å². The molecule has 7 nitrogen and oxygen atoms in total. The second-order valence-electron chi connectivity index (χ2n) is 4.25. The van der Waals surface area contributed by atoms with Crippen LogP contribution in [0.25, 0.3) is 0 Å². The van der Waals surface area contributed by atoms with Gasteiger partial charge < -0.3 is 4.74 Å². The molecule has 0 aromatic carbocycles. The molecule has 22 heavy (non-hydrogen) atoms. The van der Waals surface area contributed by atoms with Crippen LogP contribution in [-0.2, 0) is 20.9 Å². The predicted molar refractivity (Wildman–Crippen MR) is 73.0 cm³/mol. The average molecular weight is 341 g/mol. The van der Waals surface area contributed by atoms with Crippen molar-refractivity contribution in [3.63, 3.8) is 0 Å². The first kappa shape index (κ1) is 18.0.